The van der Waals surface area contributed by atoms with Crippen molar-refractivity contribution in [3.8, 4) is 0 Å². The van der Waals surface area contributed by atoms with Crippen molar-refractivity contribution in [1.29, 1.82) is 0 Å². The highest BCUT2D eigenvalue weighted by Crippen LogP contribution is 2.11. The molecule has 2 atom stereocenters. The van der Waals surface area contributed by atoms with Crippen LogP contribution in [0.25, 0.3) is 0 Å². The minimum Gasteiger partial charge on any atom is -0.463 e. The van der Waals surface area contributed by atoms with Gasteiger partial charge in [0.15, 0.2) is 0 Å². The Morgan fingerprint density at radius 3 is 2.33 bits per heavy atom. The molecule has 2 unspecified atom stereocenters. The monoisotopic (exact) mass is 174 g/mol. The fourth-order valence-corrected chi connectivity index (χ4v) is 0.663. The normalized spacial score (nSPS) is 24.0. The molecule has 0 spiro atoms. The molecule has 1 fully saturated rings. The first-order valence-corrected chi connectivity index (χ1v) is 4.43. The molecule has 1 saturated heterocycles. The van der Waals surface area contributed by atoms with Crippen molar-refractivity contribution >= 4 is 5.97 Å². The van der Waals surface area contributed by atoms with E-state index in [-0.39, 0.29) is 18.2 Å². The van der Waals surface area contributed by atoms with Gasteiger partial charge in [-0.25, -0.2) is 0 Å². The van der Waals surface area contributed by atoms with Crippen LogP contribution < -0.4 is 0 Å². The van der Waals surface area contributed by atoms with Crippen LogP contribution in [0.2, 0.25) is 0 Å². The van der Waals surface area contributed by atoms with Crippen molar-refractivity contribution in [2.45, 2.75) is 52.2 Å². The lowest BCUT2D eigenvalue weighted by atomic mass is 10.3. The first-order valence-electron chi connectivity index (χ1n) is 4.43. The number of carbonyl (C=O) groups excluding carboxylic acids is 1. The third-order valence-electron chi connectivity index (χ3n) is 1.68. The molecular weight excluding hydrogens is 156 g/mol. The summed E-state index contributed by atoms with van der Waals surface area (Å²) in [5, 5.41) is 8.36. The van der Waals surface area contributed by atoms with E-state index in [1.165, 1.54) is 0 Å². The van der Waals surface area contributed by atoms with E-state index in [1.54, 1.807) is 6.92 Å². The predicted molar refractivity (Wildman–Crippen MR) is 46.8 cm³/mol. The van der Waals surface area contributed by atoms with Crippen molar-refractivity contribution in [1.82, 2.24) is 0 Å². The Kier molecular flexibility index (Phi) is 5.72. The van der Waals surface area contributed by atoms with E-state index in [1.807, 2.05) is 13.8 Å². The molecule has 0 aromatic carbocycles. The average molecular weight is 174 g/mol. The fourth-order valence-electron chi connectivity index (χ4n) is 0.663. The number of aliphatic hydroxyl groups excluding tert-OH is 1. The molecule has 3 heteroatoms. The topological polar surface area (TPSA) is 46.5 Å². The zero-order valence-corrected chi connectivity index (χ0v) is 8.04. The maximum atomic E-state index is 10.2. The number of ether oxygens (including phenoxy) is 1. The first-order chi connectivity index (χ1) is 5.56. The van der Waals surface area contributed by atoms with Crippen LogP contribution in [0.4, 0.5) is 0 Å². The third-order valence-corrected chi connectivity index (χ3v) is 1.68. The number of carbonyl (C=O) groups is 1. The number of hydrogen-bond donors (Lipinski definition) is 1. The summed E-state index contributed by atoms with van der Waals surface area (Å²) in [5.74, 6) is -0.0486. The van der Waals surface area contributed by atoms with Crippen molar-refractivity contribution in [2.24, 2.45) is 0 Å². The molecule has 0 aliphatic carbocycles. The fraction of sp³-hybridized carbons (Fsp3) is 0.889. The standard InChI is InChI=1S/C5H8O2.C4H10O/c1-4-2-3-5(6)7-4;1-3-4(2)5/h4H,2-3H2,1H3;4-5H,3H2,1-2H3. The SMILES string of the molecule is CC1CCC(=O)O1.CCC(C)O. The number of cyclic esters (lactones) is 1. The zero-order chi connectivity index (χ0) is 9.56. The van der Waals surface area contributed by atoms with Crippen LogP contribution in [0.1, 0.15) is 40.0 Å². The van der Waals surface area contributed by atoms with Crippen LogP contribution in [-0.4, -0.2) is 23.3 Å². The largest absolute Gasteiger partial charge is 0.463 e. The first kappa shape index (κ1) is 11.4. The maximum Gasteiger partial charge on any atom is 0.306 e. The summed E-state index contributed by atoms with van der Waals surface area (Å²) in [6.45, 7) is 5.63. The van der Waals surface area contributed by atoms with Gasteiger partial charge in [-0.05, 0) is 26.7 Å². The van der Waals surface area contributed by atoms with Crippen molar-refractivity contribution in [3.05, 3.63) is 0 Å². The molecule has 3 nitrogen and oxygen atoms in total. The van der Waals surface area contributed by atoms with Crippen LogP contribution in [0.15, 0.2) is 0 Å². The van der Waals surface area contributed by atoms with Gasteiger partial charge in [0.05, 0.1) is 12.2 Å². The second-order valence-electron chi connectivity index (χ2n) is 3.10. The Balaban J connectivity index is 0.000000217. The van der Waals surface area contributed by atoms with E-state index in [9.17, 15) is 4.79 Å². The highest BCUT2D eigenvalue weighted by molar-refractivity contribution is 5.71. The molecule has 0 saturated carbocycles. The molecule has 1 aliphatic rings. The van der Waals surface area contributed by atoms with Gasteiger partial charge in [-0.3, -0.25) is 4.79 Å². The molecule has 1 N–H and O–H groups in total. The van der Waals surface area contributed by atoms with Gasteiger partial charge in [0, 0.05) is 6.42 Å². The van der Waals surface area contributed by atoms with Crippen LogP contribution in [0, 0.1) is 0 Å². The minimum atomic E-state index is -0.116. The number of aliphatic hydroxyl groups is 1. The van der Waals surface area contributed by atoms with Crippen LogP contribution in [0.5, 0.6) is 0 Å². The number of rotatable bonds is 1. The third kappa shape index (κ3) is 6.16. The Labute approximate surface area is 73.7 Å². The Morgan fingerprint density at radius 2 is 2.25 bits per heavy atom. The second kappa shape index (κ2) is 6.00. The van der Waals surface area contributed by atoms with Gasteiger partial charge in [-0.2, -0.15) is 0 Å². The smallest absolute Gasteiger partial charge is 0.306 e. The lowest BCUT2D eigenvalue weighted by Crippen LogP contribution is -1.98. The molecule has 1 rings (SSSR count). The minimum absolute atomic E-state index is 0.0486. The van der Waals surface area contributed by atoms with Crippen molar-refractivity contribution < 1.29 is 14.6 Å². The maximum absolute atomic E-state index is 10.2. The summed E-state index contributed by atoms with van der Waals surface area (Å²) in [4.78, 5) is 10.2. The van der Waals surface area contributed by atoms with Gasteiger partial charge in [0.2, 0.25) is 0 Å². The summed E-state index contributed by atoms with van der Waals surface area (Å²) in [5.41, 5.74) is 0. The van der Waals surface area contributed by atoms with Crippen molar-refractivity contribution in [3.63, 3.8) is 0 Å². The van der Waals surface area contributed by atoms with Gasteiger partial charge < -0.3 is 9.84 Å². The van der Waals surface area contributed by atoms with E-state index in [0.29, 0.717) is 6.42 Å². The van der Waals surface area contributed by atoms with Gasteiger partial charge >= 0.3 is 5.97 Å². The Hall–Kier alpha value is -0.570. The van der Waals surface area contributed by atoms with Crippen LogP contribution in [-0.2, 0) is 9.53 Å². The number of esters is 1. The summed E-state index contributed by atoms with van der Waals surface area (Å²) >= 11 is 0. The van der Waals surface area contributed by atoms with E-state index >= 15 is 0 Å². The Morgan fingerprint density at radius 1 is 1.75 bits per heavy atom. The molecule has 72 valence electrons. The van der Waals surface area contributed by atoms with E-state index < -0.39 is 0 Å². The van der Waals surface area contributed by atoms with E-state index in [4.69, 9.17) is 9.84 Å². The molecule has 0 aromatic rings. The molecule has 0 bridgehead atoms. The highest BCUT2D eigenvalue weighted by atomic mass is 16.5. The summed E-state index contributed by atoms with van der Waals surface area (Å²) in [7, 11) is 0. The molecule has 0 radical (unpaired) electrons. The van der Waals surface area contributed by atoms with Gasteiger partial charge in [-0.15, -0.1) is 0 Å². The quantitative estimate of drug-likeness (QED) is 0.612. The zero-order valence-electron chi connectivity index (χ0n) is 8.04. The van der Waals surface area contributed by atoms with Gasteiger partial charge in [0.1, 0.15) is 0 Å². The van der Waals surface area contributed by atoms with E-state index in [0.717, 1.165) is 12.8 Å². The van der Waals surface area contributed by atoms with Crippen molar-refractivity contribution in [2.75, 3.05) is 0 Å². The molecule has 0 amide bonds. The van der Waals surface area contributed by atoms with Gasteiger partial charge in [0.25, 0.3) is 0 Å². The highest BCUT2D eigenvalue weighted by Gasteiger charge is 2.17. The Bertz CT molecular complexity index is 132. The molecule has 1 aliphatic heterocycles. The molecular formula is C9H18O3. The second-order valence-corrected chi connectivity index (χ2v) is 3.10. The van der Waals surface area contributed by atoms with Crippen LogP contribution in [0.3, 0.4) is 0 Å². The van der Waals surface area contributed by atoms with E-state index in [2.05, 4.69) is 0 Å². The summed E-state index contributed by atoms with van der Waals surface area (Å²) in [6, 6.07) is 0. The number of hydrogen-bond acceptors (Lipinski definition) is 3. The predicted octanol–water partition coefficient (Wildman–Crippen LogP) is 1.49. The average Bonchev–Trinajstić information content (AvgIpc) is 2.36. The lowest BCUT2D eigenvalue weighted by molar-refractivity contribution is -0.140. The summed E-state index contributed by atoms with van der Waals surface area (Å²) in [6.07, 6.45) is 2.43. The van der Waals surface area contributed by atoms with Gasteiger partial charge in [-0.1, -0.05) is 6.92 Å². The molecule has 12 heavy (non-hydrogen) atoms. The molecule has 0 aromatic heterocycles. The lowest BCUT2D eigenvalue weighted by Gasteiger charge is -1.95. The molecule has 1 heterocycles. The summed E-state index contributed by atoms with van der Waals surface area (Å²) < 4.78 is 4.72. The van der Waals surface area contributed by atoms with Crippen LogP contribution >= 0.6 is 0 Å².